The van der Waals surface area contributed by atoms with Crippen molar-refractivity contribution in [1.29, 1.82) is 0 Å². The van der Waals surface area contributed by atoms with Crippen molar-refractivity contribution in [2.45, 2.75) is 45.6 Å². The van der Waals surface area contributed by atoms with Crippen molar-refractivity contribution in [2.75, 3.05) is 44.2 Å². The van der Waals surface area contributed by atoms with E-state index in [0.29, 0.717) is 13.0 Å². The summed E-state index contributed by atoms with van der Waals surface area (Å²) in [5, 5.41) is 3.00. The van der Waals surface area contributed by atoms with Gasteiger partial charge >= 0.3 is 0 Å². The van der Waals surface area contributed by atoms with Crippen LogP contribution < -0.4 is 16.0 Å². The number of halogens is 2. The van der Waals surface area contributed by atoms with Gasteiger partial charge in [0.05, 0.1) is 0 Å². The molecule has 7 heteroatoms. The fraction of sp³-hybridized carbons (Fsp3) is 0.650. The summed E-state index contributed by atoms with van der Waals surface area (Å²) in [6, 6.07) is 8.66. The number of aryl methyl sites for hydroxylation is 1. The minimum atomic E-state index is -0.269. The van der Waals surface area contributed by atoms with Gasteiger partial charge in [0.2, 0.25) is 5.91 Å². The summed E-state index contributed by atoms with van der Waals surface area (Å²) in [5.74, 6) is 0.109. The van der Waals surface area contributed by atoms with E-state index in [4.69, 9.17) is 5.73 Å². The molecule has 1 aliphatic heterocycles. The van der Waals surface area contributed by atoms with E-state index < -0.39 is 0 Å². The number of anilines is 1. The first-order valence-corrected chi connectivity index (χ1v) is 9.55. The number of benzene rings is 1. The average molecular weight is 419 g/mol. The van der Waals surface area contributed by atoms with Crippen molar-refractivity contribution >= 4 is 36.4 Å². The van der Waals surface area contributed by atoms with Crippen LogP contribution in [0.5, 0.6) is 0 Å². The molecule has 0 unspecified atom stereocenters. The topological polar surface area (TPSA) is 61.6 Å². The standard InChI is InChI=1S/C20H34N4O.2ClH/c1-4-20(21,5-2)16-22-19(25)9-10-23-11-13-24(14-12-23)18-8-6-7-17(3)15-18;;/h6-8,15H,4-5,9-14,16,21H2,1-3H3,(H,22,25);2*1H. The Kier molecular flexibility index (Phi) is 12.0. The molecule has 5 nitrogen and oxygen atoms in total. The lowest BCUT2D eigenvalue weighted by Crippen LogP contribution is -2.50. The maximum absolute atomic E-state index is 12.1. The highest BCUT2D eigenvalue weighted by Crippen LogP contribution is 2.17. The Hall–Kier alpha value is -1.01. The van der Waals surface area contributed by atoms with Crippen LogP contribution in [0.1, 0.15) is 38.7 Å². The van der Waals surface area contributed by atoms with E-state index in [1.807, 2.05) is 0 Å². The lowest BCUT2D eigenvalue weighted by molar-refractivity contribution is -0.121. The monoisotopic (exact) mass is 418 g/mol. The lowest BCUT2D eigenvalue weighted by Gasteiger charge is -2.36. The maximum Gasteiger partial charge on any atom is 0.221 e. The first kappa shape index (κ1) is 26.0. The SMILES string of the molecule is CCC(N)(CC)CNC(=O)CCN1CCN(c2cccc(C)c2)CC1.Cl.Cl. The van der Waals surface area contributed by atoms with Crippen LogP contribution in [0.25, 0.3) is 0 Å². The third kappa shape index (κ3) is 8.26. The molecule has 3 N–H and O–H groups in total. The van der Waals surface area contributed by atoms with Crippen LogP contribution in [0.15, 0.2) is 24.3 Å². The van der Waals surface area contributed by atoms with Gasteiger partial charge in [-0.15, -0.1) is 24.8 Å². The first-order chi connectivity index (χ1) is 12.0. The molecule has 0 aromatic heterocycles. The predicted molar refractivity (Wildman–Crippen MR) is 119 cm³/mol. The molecule has 0 aliphatic carbocycles. The molecule has 1 aromatic rings. The number of nitrogens with two attached hydrogens (primary N) is 1. The molecule has 1 amide bonds. The quantitative estimate of drug-likeness (QED) is 0.680. The number of nitrogens with zero attached hydrogens (tertiary/aromatic N) is 2. The van der Waals surface area contributed by atoms with E-state index in [9.17, 15) is 4.79 Å². The largest absolute Gasteiger partial charge is 0.369 e. The van der Waals surface area contributed by atoms with Crippen LogP contribution in [-0.4, -0.2) is 55.6 Å². The number of amides is 1. The smallest absolute Gasteiger partial charge is 0.221 e. The highest BCUT2D eigenvalue weighted by molar-refractivity contribution is 5.85. The van der Waals surface area contributed by atoms with Crippen LogP contribution in [-0.2, 0) is 4.79 Å². The Morgan fingerprint density at radius 1 is 1.15 bits per heavy atom. The maximum atomic E-state index is 12.1. The third-order valence-corrected chi connectivity index (χ3v) is 5.44. The van der Waals surface area contributed by atoms with Gasteiger partial charge in [0.1, 0.15) is 0 Å². The second kappa shape index (κ2) is 12.4. The van der Waals surface area contributed by atoms with E-state index >= 15 is 0 Å². The number of hydrogen-bond donors (Lipinski definition) is 2. The Morgan fingerprint density at radius 3 is 2.33 bits per heavy atom. The van der Waals surface area contributed by atoms with E-state index in [-0.39, 0.29) is 36.3 Å². The van der Waals surface area contributed by atoms with Crippen molar-refractivity contribution in [3.63, 3.8) is 0 Å². The van der Waals surface area contributed by atoms with Gasteiger partial charge in [-0.3, -0.25) is 9.69 Å². The molecule has 1 aliphatic rings. The summed E-state index contributed by atoms with van der Waals surface area (Å²) in [6.45, 7) is 11.7. The Morgan fingerprint density at radius 2 is 1.78 bits per heavy atom. The normalized spacial score (nSPS) is 14.9. The fourth-order valence-corrected chi connectivity index (χ4v) is 3.18. The highest BCUT2D eigenvalue weighted by Gasteiger charge is 2.21. The zero-order valence-electron chi connectivity index (χ0n) is 16.9. The summed E-state index contributed by atoms with van der Waals surface area (Å²) in [7, 11) is 0. The zero-order valence-corrected chi connectivity index (χ0v) is 18.5. The fourth-order valence-electron chi connectivity index (χ4n) is 3.18. The summed E-state index contributed by atoms with van der Waals surface area (Å²) in [6.07, 6.45) is 2.31. The van der Waals surface area contributed by atoms with Crippen molar-refractivity contribution < 1.29 is 4.79 Å². The van der Waals surface area contributed by atoms with Crippen LogP contribution in [0, 0.1) is 6.92 Å². The number of hydrogen-bond acceptors (Lipinski definition) is 4. The molecule has 27 heavy (non-hydrogen) atoms. The van der Waals surface area contributed by atoms with E-state index in [1.54, 1.807) is 0 Å². The lowest BCUT2D eigenvalue weighted by atomic mass is 9.94. The summed E-state index contributed by atoms with van der Waals surface area (Å²) in [5.41, 5.74) is 8.57. The highest BCUT2D eigenvalue weighted by atomic mass is 35.5. The first-order valence-electron chi connectivity index (χ1n) is 9.55. The van der Waals surface area contributed by atoms with Crippen molar-refractivity contribution in [1.82, 2.24) is 10.2 Å². The molecule has 1 saturated heterocycles. The van der Waals surface area contributed by atoms with Gasteiger partial charge in [-0.25, -0.2) is 0 Å². The molecule has 156 valence electrons. The van der Waals surface area contributed by atoms with E-state index in [1.165, 1.54) is 11.3 Å². The van der Waals surface area contributed by atoms with Gasteiger partial charge in [0.25, 0.3) is 0 Å². The number of nitrogens with one attached hydrogen (secondary N) is 1. The van der Waals surface area contributed by atoms with Crippen LogP contribution in [0.4, 0.5) is 5.69 Å². The average Bonchev–Trinajstić information content (AvgIpc) is 2.65. The number of carbonyl (C=O) groups excluding carboxylic acids is 1. The number of carbonyl (C=O) groups is 1. The molecule has 1 heterocycles. The van der Waals surface area contributed by atoms with Crippen molar-refractivity contribution in [2.24, 2.45) is 5.73 Å². The van der Waals surface area contributed by atoms with Gasteiger partial charge in [-0.2, -0.15) is 0 Å². The minimum Gasteiger partial charge on any atom is -0.369 e. The molecule has 0 saturated carbocycles. The molecule has 2 rings (SSSR count). The van der Waals surface area contributed by atoms with Gasteiger partial charge in [-0.05, 0) is 37.5 Å². The second-order valence-corrected chi connectivity index (χ2v) is 7.26. The number of rotatable bonds is 8. The molecule has 0 radical (unpaired) electrons. The summed E-state index contributed by atoms with van der Waals surface area (Å²) < 4.78 is 0. The predicted octanol–water partition coefficient (Wildman–Crippen LogP) is 2.98. The van der Waals surface area contributed by atoms with Gasteiger partial charge in [0, 0.05) is 56.9 Å². The van der Waals surface area contributed by atoms with Crippen LogP contribution in [0.2, 0.25) is 0 Å². The molecular formula is C20H36Cl2N4O. The Labute approximate surface area is 176 Å². The Bertz CT molecular complexity index is 559. The van der Waals surface area contributed by atoms with Crippen LogP contribution >= 0.6 is 24.8 Å². The van der Waals surface area contributed by atoms with E-state index in [2.05, 4.69) is 60.2 Å². The molecule has 0 atom stereocenters. The zero-order chi connectivity index (χ0) is 18.3. The molecule has 0 bridgehead atoms. The van der Waals surface area contributed by atoms with Crippen molar-refractivity contribution in [3.8, 4) is 0 Å². The molecular weight excluding hydrogens is 383 g/mol. The second-order valence-electron chi connectivity index (χ2n) is 7.26. The van der Waals surface area contributed by atoms with Crippen LogP contribution in [0.3, 0.4) is 0 Å². The van der Waals surface area contributed by atoms with Gasteiger partial charge in [0.15, 0.2) is 0 Å². The summed E-state index contributed by atoms with van der Waals surface area (Å²) in [4.78, 5) is 16.9. The van der Waals surface area contributed by atoms with Crippen molar-refractivity contribution in [3.05, 3.63) is 29.8 Å². The number of piperazine rings is 1. The molecule has 1 fully saturated rings. The van der Waals surface area contributed by atoms with Gasteiger partial charge in [-0.1, -0.05) is 26.0 Å². The molecule has 0 spiro atoms. The minimum absolute atomic E-state index is 0. The van der Waals surface area contributed by atoms with E-state index in [0.717, 1.165) is 45.6 Å². The third-order valence-electron chi connectivity index (χ3n) is 5.44. The molecule has 1 aromatic carbocycles. The summed E-state index contributed by atoms with van der Waals surface area (Å²) >= 11 is 0. The van der Waals surface area contributed by atoms with Gasteiger partial charge < -0.3 is 16.0 Å². The Balaban J connectivity index is 0.00000338.